The van der Waals surface area contributed by atoms with E-state index in [1.165, 1.54) is 19.3 Å². The Hall–Kier alpha value is -1.59. The highest BCUT2D eigenvalue weighted by molar-refractivity contribution is 6.30. The number of aliphatic hydroxyl groups excluding tert-OH is 1. The largest absolute Gasteiger partial charge is 0.459 e. The molecule has 1 aromatic carbocycles. The van der Waals surface area contributed by atoms with Gasteiger partial charge in [-0.25, -0.2) is 4.79 Å². The van der Waals surface area contributed by atoms with Crippen molar-refractivity contribution in [3.8, 4) is 0 Å². The molecule has 0 heterocycles. The third kappa shape index (κ3) is 3.60. The van der Waals surface area contributed by atoms with Gasteiger partial charge < -0.3 is 15.2 Å². The van der Waals surface area contributed by atoms with Crippen LogP contribution >= 0.6 is 11.6 Å². The van der Waals surface area contributed by atoms with Crippen LogP contribution in [0.4, 0.5) is 0 Å². The first kappa shape index (κ1) is 17.8. The van der Waals surface area contributed by atoms with Crippen LogP contribution in [-0.2, 0) is 9.53 Å². The number of aliphatic hydroxyl groups is 1. The number of esters is 1. The van der Waals surface area contributed by atoms with E-state index in [-0.39, 0.29) is 12.1 Å². The van der Waals surface area contributed by atoms with Gasteiger partial charge in [0.15, 0.2) is 6.10 Å². The van der Waals surface area contributed by atoms with Crippen LogP contribution in [0.2, 0.25) is 5.02 Å². The van der Waals surface area contributed by atoms with Crippen LogP contribution in [0.3, 0.4) is 0 Å². The second-order valence-electron chi connectivity index (χ2n) is 8.31. The number of hydrogen-bond donors (Lipinski definition) is 2. The van der Waals surface area contributed by atoms with Gasteiger partial charge in [-0.15, -0.1) is 0 Å². The van der Waals surface area contributed by atoms with Crippen LogP contribution in [0.15, 0.2) is 24.3 Å². The lowest BCUT2D eigenvalue weighted by Gasteiger charge is -2.57. The maximum Gasteiger partial charge on any atom is 0.338 e. The Kier molecular flexibility index (Phi) is 4.70. The Balaban J connectivity index is 1.31. The Morgan fingerprint density at radius 1 is 1.12 bits per heavy atom. The SMILES string of the molecule is O=C(OCC(O)C(=O)NC12CC3CC(CC(C3)C1)C2)c1ccc(Cl)cc1. The highest BCUT2D eigenvalue weighted by Crippen LogP contribution is 2.55. The van der Waals surface area contributed by atoms with Gasteiger partial charge in [0.05, 0.1) is 5.56 Å². The first-order valence-corrected chi connectivity index (χ1v) is 9.73. The summed E-state index contributed by atoms with van der Waals surface area (Å²) in [5.74, 6) is 1.11. The Bertz CT molecular complexity index is 667. The van der Waals surface area contributed by atoms with Crippen molar-refractivity contribution in [2.45, 2.75) is 50.2 Å². The van der Waals surface area contributed by atoms with Crippen LogP contribution < -0.4 is 5.32 Å². The van der Waals surface area contributed by atoms with Crippen LogP contribution in [0.25, 0.3) is 0 Å². The molecule has 5 nitrogen and oxygen atoms in total. The summed E-state index contributed by atoms with van der Waals surface area (Å²) in [6, 6.07) is 6.28. The predicted molar refractivity (Wildman–Crippen MR) is 96.8 cm³/mol. The molecule has 0 saturated heterocycles. The van der Waals surface area contributed by atoms with Crippen molar-refractivity contribution >= 4 is 23.5 Å². The molecule has 0 spiro atoms. The molecular weight excluding hydrogens is 354 g/mol. The minimum atomic E-state index is -1.35. The summed E-state index contributed by atoms with van der Waals surface area (Å²) in [7, 11) is 0. The standard InChI is InChI=1S/C20H24ClNO4/c21-16-3-1-15(2-4-16)19(25)26-11-17(23)18(24)22-20-8-12-5-13(9-20)7-14(6-12)10-20/h1-4,12-14,17,23H,5-11H2,(H,22,24). The molecule has 2 N–H and O–H groups in total. The molecule has 5 rings (SSSR count). The van der Waals surface area contributed by atoms with Gasteiger partial charge >= 0.3 is 5.97 Å². The van der Waals surface area contributed by atoms with Crippen molar-refractivity contribution in [3.63, 3.8) is 0 Å². The molecule has 1 amide bonds. The van der Waals surface area contributed by atoms with Gasteiger partial charge in [-0.1, -0.05) is 11.6 Å². The molecule has 4 fully saturated rings. The second-order valence-corrected chi connectivity index (χ2v) is 8.74. The molecule has 140 valence electrons. The minimum Gasteiger partial charge on any atom is -0.459 e. The van der Waals surface area contributed by atoms with Crippen molar-refractivity contribution in [2.24, 2.45) is 17.8 Å². The van der Waals surface area contributed by atoms with E-state index in [4.69, 9.17) is 16.3 Å². The number of nitrogens with one attached hydrogen (secondary N) is 1. The molecule has 4 bridgehead atoms. The van der Waals surface area contributed by atoms with Gasteiger partial charge in [0.1, 0.15) is 6.61 Å². The number of benzene rings is 1. The molecule has 0 aromatic heterocycles. The van der Waals surface area contributed by atoms with Crippen LogP contribution in [0.5, 0.6) is 0 Å². The number of hydrogen-bond acceptors (Lipinski definition) is 4. The first-order valence-electron chi connectivity index (χ1n) is 9.35. The van der Waals surface area contributed by atoms with Gasteiger partial charge in [0, 0.05) is 10.6 Å². The van der Waals surface area contributed by atoms with E-state index >= 15 is 0 Å². The monoisotopic (exact) mass is 377 g/mol. The maximum atomic E-state index is 12.5. The third-order valence-corrected chi connectivity index (χ3v) is 6.43. The molecule has 4 aliphatic carbocycles. The summed E-state index contributed by atoms with van der Waals surface area (Å²) in [5, 5.41) is 13.8. The van der Waals surface area contributed by atoms with Crippen LogP contribution in [0, 0.1) is 17.8 Å². The molecule has 0 aliphatic heterocycles. The van der Waals surface area contributed by atoms with Crippen LogP contribution in [0.1, 0.15) is 48.9 Å². The molecule has 0 radical (unpaired) electrons. The lowest BCUT2D eigenvalue weighted by Crippen LogP contribution is -2.61. The fraction of sp³-hybridized carbons (Fsp3) is 0.600. The minimum absolute atomic E-state index is 0.160. The van der Waals surface area contributed by atoms with Crippen molar-refractivity contribution in [1.29, 1.82) is 0 Å². The first-order chi connectivity index (χ1) is 12.4. The summed E-state index contributed by atoms with van der Waals surface area (Å²) in [6.07, 6.45) is 5.56. The van der Waals surface area contributed by atoms with Gasteiger partial charge in [-0.05, 0) is 80.5 Å². The molecule has 4 aliphatic rings. The quantitative estimate of drug-likeness (QED) is 0.773. The van der Waals surface area contributed by atoms with Gasteiger partial charge in [0.2, 0.25) is 0 Å². The highest BCUT2D eigenvalue weighted by Gasteiger charge is 2.51. The summed E-state index contributed by atoms with van der Waals surface area (Å²) in [5.41, 5.74) is 0.176. The summed E-state index contributed by atoms with van der Waals surface area (Å²) < 4.78 is 5.08. The summed E-state index contributed by atoms with van der Waals surface area (Å²) >= 11 is 5.79. The second kappa shape index (κ2) is 6.86. The normalized spacial score (nSPS) is 32.9. The Morgan fingerprint density at radius 3 is 2.19 bits per heavy atom. The van der Waals surface area contributed by atoms with E-state index < -0.39 is 18.0 Å². The zero-order valence-corrected chi connectivity index (χ0v) is 15.4. The van der Waals surface area contributed by atoms with Crippen molar-refractivity contribution < 1.29 is 19.4 Å². The summed E-state index contributed by atoms with van der Waals surface area (Å²) in [4.78, 5) is 24.4. The third-order valence-electron chi connectivity index (χ3n) is 6.18. The van der Waals surface area contributed by atoms with Crippen molar-refractivity contribution in [3.05, 3.63) is 34.9 Å². The molecule has 4 saturated carbocycles. The van der Waals surface area contributed by atoms with Crippen LogP contribution in [-0.4, -0.2) is 35.2 Å². The number of halogens is 1. The molecule has 1 unspecified atom stereocenters. The van der Waals surface area contributed by atoms with E-state index in [2.05, 4.69) is 5.32 Å². The van der Waals surface area contributed by atoms with E-state index in [0.717, 1.165) is 19.3 Å². The number of rotatable bonds is 5. The van der Waals surface area contributed by atoms with Gasteiger partial charge in [-0.2, -0.15) is 0 Å². The highest BCUT2D eigenvalue weighted by atomic mass is 35.5. The average Bonchev–Trinajstić information content (AvgIpc) is 2.58. The Morgan fingerprint density at radius 2 is 1.65 bits per heavy atom. The van der Waals surface area contributed by atoms with E-state index in [1.54, 1.807) is 24.3 Å². The smallest absolute Gasteiger partial charge is 0.338 e. The van der Waals surface area contributed by atoms with Gasteiger partial charge in [0.25, 0.3) is 5.91 Å². The molecule has 26 heavy (non-hydrogen) atoms. The average molecular weight is 378 g/mol. The molecule has 6 heteroatoms. The zero-order chi connectivity index (χ0) is 18.3. The fourth-order valence-corrected chi connectivity index (χ4v) is 5.63. The Labute approximate surface area is 158 Å². The topological polar surface area (TPSA) is 75.6 Å². The lowest BCUT2D eigenvalue weighted by atomic mass is 9.53. The van der Waals surface area contributed by atoms with Crippen molar-refractivity contribution in [1.82, 2.24) is 5.32 Å². The number of ether oxygens (including phenoxy) is 1. The number of amides is 1. The fourth-order valence-electron chi connectivity index (χ4n) is 5.51. The molecular formula is C20H24ClNO4. The summed E-state index contributed by atoms with van der Waals surface area (Å²) in [6.45, 7) is -0.348. The van der Waals surface area contributed by atoms with E-state index in [0.29, 0.717) is 28.3 Å². The van der Waals surface area contributed by atoms with Gasteiger partial charge in [-0.3, -0.25) is 4.79 Å². The number of carbonyl (C=O) groups is 2. The predicted octanol–water partition coefficient (Wildman–Crippen LogP) is 2.94. The van der Waals surface area contributed by atoms with E-state index in [1.807, 2.05) is 0 Å². The maximum absolute atomic E-state index is 12.5. The number of carbonyl (C=O) groups excluding carboxylic acids is 2. The molecule has 1 atom stereocenters. The van der Waals surface area contributed by atoms with E-state index in [9.17, 15) is 14.7 Å². The zero-order valence-electron chi connectivity index (χ0n) is 14.6. The lowest BCUT2D eigenvalue weighted by molar-refractivity contribution is -0.137. The van der Waals surface area contributed by atoms with Crippen molar-refractivity contribution in [2.75, 3.05) is 6.61 Å². The molecule has 1 aromatic rings.